The van der Waals surface area contributed by atoms with Gasteiger partial charge >= 0.3 is 5.97 Å². The molecule has 21 heavy (non-hydrogen) atoms. The molecule has 2 aromatic carbocycles. The highest BCUT2D eigenvalue weighted by Crippen LogP contribution is 2.34. The van der Waals surface area contributed by atoms with Crippen molar-refractivity contribution in [2.75, 3.05) is 7.11 Å². The molecule has 0 amide bonds. The fourth-order valence-corrected chi connectivity index (χ4v) is 2.14. The number of carbonyl (C=O) groups is 1. The van der Waals surface area contributed by atoms with E-state index in [1.54, 1.807) is 18.2 Å². The van der Waals surface area contributed by atoms with Gasteiger partial charge in [-0.2, -0.15) is 0 Å². The quantitative estimate of drug-likeness (QED) is 0.843. The molecule has 2 rings (SSSR count). The lowest BCUT2D eigenvalue weighted by atomic mass is 9.85. The second kappa shape index (κ2) is 5.60. The first kappa shape index (κ1) is 15.1. The fraction of sp³-hybridized carbons (Fsp3) is 0.278. The van der Waals surface area contributed by atoms with E-state index in [1.807, 2.05) is 24.3 Å². The zero-order valence-electron chi connectivity index (χ0n) is 12.8. The molecule has 0 bridgehead atoms. The minimum absolute atomic E-state index is 0.00834. The molecule has 2 aromatic rings. The molecule has 0 fully saturated rings. The summed E-state index contributed by atoms with van der Waals surface area (Å²) in [5.41, 5.74) is 3.28. The minimum Gasteiger partial charge on any atom is -0.507 e. The first-order valence-corrected chi connectivity index (χ1v) is 6.85. The highest BCUT2D eigenvalue weighted by Gasteiger charge is 2.16. The van der Waals surface area contributed by atoms with Crippen LogP contribution in [0.15, 0.2) is 42.5 Å². The molecule has 3 heteroatoms. The van der Waals surface area contributed by atoms with Crippen LogP contribution in [0.25, 0.3) is 11.1 Å². The van der Waals surface area contributed by atoms with Gasteiger partial charge in [0.15, 0.2) is 0 Å². The van der Waals surface area contributed by atoms with Gasteiger partial charge in [-0.05, 0) is 40.8 Å². The maximum absolute atomic E-state index is 11.4. The van der Waals surface area contributed by atoms with Crippen LogP contribution in [0.5, 0.6) is 5.75 Å². The molecule has 0 saturated heterocycles. The number of carbonyl (C=O) groups excluding carboxylic acids is 1. The Morgan fingerprint density at radius 3 is 2.19 bits per heavy atom. The Balaban J connectivity index is 2.44. The summed E-state index contributed by atoms with van der Waals surface area (Å²) in [6.07, 6.45) is 0. The second-order valence-electron chi connectivity index (χ2n) is 6.05. The summed E-state index contributed by atoms with van der Waals surface area (Å²) < 4.78 is 4.68. The van der Waals surface area contributed by atoms with Crippen molar-refractivity contribution in [1.82, 2.24) is 0 Å². The number of ether oxygens (including phenoxy) is 1. The van der Waals surface area contributed by atoms with Gasteiger partial charge in [0.05, 0.1) is 12.7 Å². The number of phenolic OH excluding ortho intramolecular Hbond substituents is 1. The number of aromatic hydroxyl groups is 1. The molecule has 0 saturated carbocycles. The maximum Gasteiger partial charge on any atom is 0.337 e. The molecule has 1 N–H and O–H groups in total. The number of hydrogen-bond acceptors (Lipinski definition) is 3. The molecular weight excluding hydrogens is 264 g/mol. The molecule has 0 aromatic heterocycles. The summed E-state index contributed by atoms with van der Waals surface area (Å²) in [6.45, 7) is 6.39. The van der Waals surface area contributed by atoms with Gasteiger partial charge in [0.1, 0.15) is 5.75 Å². The lowest BCUT2D eigenvalue weighted by Crippen LogP contribution is -2.10. The Morgan fingerprint density at radius 1 is 1.05 bits per heavy atom. The average molecular weight is 284 g/mol. The summed E-state index contributed by atoms with van der Waals surface area (Å²) in [7, 11) is 1.36. The third-order valence-corrected chi connectivity index (χ3v) is 3.48. The standard InChI is InChI=1S/C18H20O3/c1-18(2,3)14-9-10-16(19)15(11-14)12-5-7-13(8-6-12)17(20)21-4/h5-11,19H,1-4H3. The van der Waals surface area contributed by atoms with Crippen LogP contribution >= 0.6 is 0 Å². The molecule has 0 atom stereocenters. The van der Waals surface area contributed by atoms with E-state index in [2.05, 4.69) is 25.5 Å². The molecule has 0 radical (unpaired) electrons. The van der Waals surface area contributed by atoms with Crippen LogP contribution in [0.3, 0.4) is 0 Å². The van der Waals surface area contributed by atoms with Crippen molar-refractivity contribution in [1.29, 1.82) is 0 Å². The van der Waals surface area contributed by atoms with E-state index in [4.69, 9.17) is 0 Å². The van der Waals surface area contributed by atoms with Gasteiger partial charge in [0.25, 0.3) is 0 Å². The first-order valence-electron chi connectivity index (χ1n) is 6.85. The van der Waals surface area contributed by atoms with Gasteiger partial charge in [0.2, 0.25) is 0 Å². The van der Waals surface area contributed by atoms with Crippen LogP contribution in [-0.2, 0) is 10.2 Å². The maximum atomic E-state index is 11.4. The number of esters is 1. The average Bonchev–Trinajstić information content (AvgIpc) is 2.46. The number of benzene rings is 2. The topological polar surface area (TPSA) is 46.5 Å². The van der Waals surface area contributed by atoms with Crippen LogP contribution in [0.4, 0.5) is 0 Å². The third kappa shape index (κ3) is 3.24. The van der Waals surface area contributed by atoms with Gasteiger partial charge in [0, 0.05) is 5.56 Å². The SMILES string of the molecule is COC(=O)c1ccc(-c2cc(C(C)(C)C)ccc2O)cc1. The van der Waals surface area contributed by atoms with Crippen molar-refractivity contribution in [3.05, 3.63) is 53.6 Å². The highest BCUT2D eigenvalue weighted by molar-refractivity contribution is 5.90. The summed E-state index contributed by atoms with van der Waals surface area (Å²) in [5, 5.41) is 10.1. The molecule has 0 unspecified atom stereocenters. The number of methoxy groups -OCH3 is 1. The van der Waals surface area contributed by atoms with Gasteiger partial charge < -0.3 is 9.84 Å². The molecule has 0 heterocycles. The van der Waals surface area contributed by atoms with Crippen LogP contribution < -0.4 is 0 Å². The summed E-state index contributed by atoms with van der Waals surface area (Å²) >= 11 is 0. The van der Waals surface area contributed by atoms with Gasteiger partial charge in [-0.1, -0.05) is 39.0 Å². The van der Waals surface area contributed by atoms with Gasteiger partial charge in [-0.15, -0.1) is 0 Å². The van der Waals surface area contributed by atoms with Crippen LogP contribution in [-0.4, -0.2) is 18.2 Å². The predicted molar refractivity (Wildman–Crippen MR) is 83.6 cm³/mol. The molecular formula is C18H20O3. The van der Waals surface area contributed by atoms with E-state index in [1.165, 1.54) is 7.11 Å². The van der Waals surface area contributed by atoms with Gasteiger partial charge in [-0.25, -0.2) is 4.79 Å². The molecule has 0 aliphatic carbocycles. The van der Waals surface area contributed by atoms with Gasteiger partial charge in [-0.3, -0.25) is 0 Å². The number of hydrogen-bond donors (Lipinski definition) is 1. The van der Waals surface area contributed by atoms with Crippen molar-refractivity contribution in [2.24, 2.45) is 0 Å². The Kier molecular flexibility index (Phi) is 4.03. The molecule has 0 spiro atoms. The number of rotatable bonds is 2. The molecule has 3 nitrogen and oxygen atoms in total. The van der Waals surface area contributed by atoms with Crippen LogP contribution in [0, 0.1) is 0 Å². The highest BCUT2D eigenvalue weighted by atomic mass is 16.5. The van der Waals surface area contributed by atoms with E-state index >= 15 is 0 Å². The second-order valence-corrected chi connectivity index (χ2v) is 6.05. The summed E-state index contributed by atoms with van der Waals surface area (Å²) in [5.74, 6) is -0.136. The van der Waals surface area contributed by atoms with Crippen molar-refractivity contribution >= 4 is 5.97 Å². The monoisotopic (exact) mass is 284 g/mol. The van der Waals surface area contributed by atoms with E-state index in [0.717, 1.165) is 16.7 Å². The fourth-order valence-electron chi connectivity index (χ4n) is 2.14. The van der Waals surface area contributed by atoms with Crippen molar-refractivity contribution in [3.63, 3.8) is 0 Å². The Labute approximate surface area is 125 Å². The minimum atomic E-state index is -0.366. The zero-order valence-corrected chi connectivity index (χ0v) is 12.8. The lowest BCUT2D eigenvalue weighted by molar-refractivity contribution is 0.0601. The predicted octanol–water partition coefficient (Wildman–Crippen LogP) is 4.14. The van der Waals surface area contributed by atoms with E-state index in [9.17, 15) is 9.90 Å². The van der Waals surface area contributed by atoms with Crippen LogP contribution in [0.1, 0.15) is 36.7 Å². The summed E-state index contributed by atoms with van der Waals surface area (Å²) in [6, 6.07) is 12.7. The zero-order chi connectivity index (χ0) is 15.6. The number of phenols is 1. The van der Waals surface area contributed by atoms with Crippen LogP contribution in [0.2, 0.25) is 0 Å². The third-order valence-electron chi connectivity index (χ3n) is 3.48. The Hall–Kier alpha value is -2.29. The lowest BCUT2D eigenvalue weighted by Gasteiger charge is -2.20. The first-order chi connectivity index (χ1) is 9.82. The van der Waals surface area contributed by atoms with E-state index in [-0.39, 0.29) is 17.1 Å². The normalized spacial score (nSPS) is 11.2. The smallest absolute Gasteiger partial charge is 0.337 e. The molecule has 0 aliphatic heterocycles. The van der Waals surface area contributed by atoms with Crippen molar-refractivity contribution < 1.29 is 14.6 Å². The van der Waals surface area contributed by atoms with Crippen molar-refractivity contribution in [2.45, 2.75) is 26.2 Å². The Morgan fingerprint density at radius 2 is 1.67 bits per heavy atom. The van der Waals surface area contributed by atoms with E-state index in [0.29, 0.717) is 5.56 Å². The van der Waals surface area contributed by atoms with Crippen molar-refractivity contribution in [3.8, 4) is 16.9 Å². The Bertz CT molecular complexity index is 649. The van der Waals surface area contributed by atoms with E-state index < -0.39 is 0 Å². The molecule has 0 aliphatic rings. The summed E-state index contributed by atoms with van der Waals surface area (Å²) in [4.78, 5) is 11.4. The largest absolute Gasteiger partial charge is 0.507 e. The molecule has 110 valence electrons.